The molecule has 7 rings (SSSR count). The molecule has 6 nitrogen and oxygen atoms in total. The maximum absolute atomic E-state index is 12.8. The van der Waals surface area contributed by atoms with E-state index in [1.807, 2.05) is 34.4 Å². The van der Waals surface area contributed by atoms with Gasteiger partial charge in [-0.25, -0.2) is 14.8 Å². The van der Waals surface area contributed by atoms with Crippen LogP contribution in [0.5, 0.6) is 0 Å². The summed E-state index contributed by atoms with van der Waals surface area (Å²) in [4.78, 5) is 28.4. The van der Waals surface area contributed by atoms with E-state index in [1.165, 1.54) is 47.6 Å². The normalized spacial score (nSPS) is 29.6. The maximum Gasteiger partial charge on any atom is 0.322 e. The smallest absolute Gasteiger partial charge is 0.322 e. The zero-order chi connectivity index (χ0) is 25.1. The summed E-state index contributed by atoms with van der Waals surface area (Å²) in [7, 11) is 0. The highest BCUT2D eigenvalue weighted by molar-refractivity contribution is 7.15. The molecule has 3 aliphatic rings. The van der Waals surface area contributed by atoms with Gasteiger partial charge in [0.25, 0.3) is 0 Å². The molecule has 2 aromatic carbocycles. The van der Waals surface area contributed by atoms with E-state index >= 15 is 0 Å². The van der Waals surface area contributed by atoms with Gasteiger partial charge in [-0.05, 0) is 79.2 Å². The number of rotatable bonds is 4. The quantitative estimate of drug-likeness (QED) is 0.308. The fraction of sp³-hybridized carbons (Fsp3) is 0.433. The Kier molecular flexibility index (Phi) is 5.39. The molecule has 1 aliphatic heterocycles. The van der Waals surface area contributed by atoms with Gasteiger partial charge in [-0.1, -0.05) is 38.1 Å². The van der Waals surface area contributed by atoms with Gasteiger partial charge in [0.15, 0.2) is 0 Å². The molecular weight excluding hydrogens is 478 g/mol. The highest BCUT2D eigenvalue weighted by Gasteiger charge is 2.47. The number of H-pyrrole nitrogens is 1. The third-order valence-electron chi connectivity index (χ3n) is 8.83. The molecule has 2 N–H and O–H groups in total. The molecule has 2 saturated carbocycles. The number of benzene rings is 2. The predicted molar refractivity (Wildman–Crippen MR) is 149 cm³/mol. The average Bonchev–Trinajstić information content (AvgIpc) is 3.62. The molecule has 7 heteroatoms. The first-order chi connectivity index (χ1) is 18.0. The molecule has 3 fully saturated rings. The van der Waals surface area contributed by atoms with Crippen LogP contribution < -0.4 is 10.2 Å². The van der Waals surface area contributed by atoms with E-state index in [0.29, 0.717) is 6.54 Å². The van der Waals surface area contributed by atoms with Gasteiger partial charge in [-0.2, -0.15) is 0 Å². The molecular formula is C30H33N5OS. The number of nitrogens with zero attached hydrogens (tertiary/aromatic N) is 3. The van der Waals surface area contributed by atoms with E-state index in [0.717, 1.165) is 40.0 Å². The Morgan fingerprint density at radius 3 is 2.57 bits per heavy atom. The second-order valence-corrected chi connectivity index (χ2v) is 12.8. The van der Waals surface area contributed by atoms with Crippen molar-refractivity contribution in [3.63, 3.8) is 0 Å². The van der Waals surface area contributed by atoms with Crippen molar-refractivity contribution in [2.75, 3.05) is 11.4 Å². The average molecular weight is 512 g/mol. The summed E-state index contributed by atoms with van der Waals surface area (Å²) >= 11 is 1.90. The maximum atomic E-state index is 12.8. The number of imidazole rings is 1. The summed E-state index contributed by atoms with van der Waals surface area (Å²) in [6, 6.07) is 14.5. The van der Waals surface area contributed by atoms with Gasteiger partial charge in [0, 0.05) is 23.8 Å². The van der Waals surface area contributed by atoms with Crippen molar-refractivity contribution < 1.29 is 4.79 Å². The molecule has 0 radical (unpaired) electrons. The molecule has 37 heavy (non-hydrogen) atoms. The van der Waals surface area contributed by atoms with Crippen LogP contribution in [0.1, 0.15) is 62.6 Å². The predicted octanol–water partition coefficient (Wildman–Crippen LogP) is 7.06. The number of fused-ring (bicyclic) bond motifs is 3. The van der Waals surface area contributed by atoms with Crippen molar-refractivity contribution >= 4 is 34.1 Å². The van der Waals surface area contributed by atoms with E-state index < -0.39 is 0 Å². The molecule has 2 amide bonds. The summed E-state index contributed by atoms with van der Waals surface area (Å²) in [5.41, 5.74) is 5.30. The Morgan fingerprint density at radius 1 is 1.00 bits per heavy atom. The van der Waals surface area contributed by atoms with Crippen molar-refractivity contribution in [3.05, 3.63) is 65.6 Å². The van der Waals surface area contributed by atoms with Crippen LogP contribution in [0.3, 0.4) is 0 Å². The fourth-order valence-corrected chi connectivity index (χ4v) is 8.77. The minimum Gasteiger partial charge on any atom is -0.345 e. The molecule has 3 atom stereocenters. The zero-order valence-electron chi connectivity index (χ0n) is 21.4. The Morgan fingerprint density at radius 2 is 1.78 bits per heavy atom. The van der Waals surface area contributed by atoms with Crippen molar-refractivity contribution in [1.82, 2.24) is 20.3 Å². The lowest BCUT2D eigenvalue weighted by Crippen LogP contribution is -2.42. The molecule has 0 spiro atoms. The first kappa shape index (κ1) is 23.0. The highest BCUT2D eigenvalue weighted by atomic mass is 32.1. The highest BCUT2D eigenvalue weighted by Crippen LogP contribution is 2.55. The van der Waals surface area contributed by atoms with E-state index in [9.17, 15) is 4.79 Å². The van der Waals surface area contributed by atoms with Gasteiger partial charge in [0.05, 0.1) is 33.3 Å². The molecule has 3 heterocycles. The number of amides is 2. The van der Waals surface area contributed by atoms with E-state index in [-0.39, 0.29) is 17.5 Å². The summed E-state index contributed by atoms with van der Waals surface area (Å²) in [6.45, 7) is 5.45. The molecule has 4 aromatic rings. The van der Waals surface area contributed by atoms with Gasteiger partial charge in [0.1, 0.15) is 0 Å². The number of urea groups is 1. The van der Waals surface area contributed by atoms with Crippen LogP contribution in [0.4, 0.5) is 10.5 Å². The minimum atomic E-state index is -0.0685. The first-order valence-corrected chi connectivity index (χ1v) is 14.4. The number of nitrogens with one attached hydrogen (secondary N) is 2. The van der Waals surface area contributed by atoms with Gasteiger partial charge in [-0.15, -0.1) is 11.3 Å². The zero-order valence-corrected chi connectivity index (χ0v) is 22.2. The number of hydrogen-bond donors (Lipinski definition) is 2. The molecule has 2 aromatic heterocycles. The van der Waals surface area contributed by atoms with Crippen LogP contribution in [0.2, 0.25) is 0 Å². The monoisotopic (exact) mass is 511 g/mol. The third-order valence-corrected chi connectivity index (χ3v) is 10.1. The number of aromatic nitrogens is 3. The SMILES string of the molecule is CC1CC2CC(C)CC(c3ncc(-c4ccc(C5CNC(=O)N5c5ccc6nc[nH]c6c5)cc4)s3)(C1)C2. The Labute approximate surface area is 221 Å². The Balaban J connectivity index is 1.15. The van der Waals surface area contributed by atoms with E-state index in [4.69, 9.17) is 4.98 Å². The van der Waals surface area contributed by atoms with E-state index in [1.54, 1.807) is 6.33 Å². The topological polar surface area (TPSA) is 73.9 Å². The summed E-state index contributed by atoms with van der Waals surface area (Å²) in [5.74, 6) is 2.44. The molecule has 2 aliphatic carbocycles. The van der Waals surface area contributed by atoms with Crippen molar-refractivity contribution in [2.24, 2.45) is 17.8 Å². The van der Waals surface area contributed by atoms with Crippen LogP contribution in [0.15, 0.2) is 55.0 Å². The lowest BCUT2D eigenvalue weighted by Gasteiger charge is -2.49. The number of thiazole rings is 1. The van der Waals surface area contributed by atoms with Crippen molar-refractivity contribution in [1.29, 1.82) is 0 Å². The number of anilines is 1. The molecule has 1 saturated heterocycles. The minimum absolute atomic E-state index is 0.0535. The third kappa shape index (κ3) is 3.95. The van der Waals surface area contributed by atoms with Gasteiger partial charge < -0.3 is 10.3 Å². The van der Waals surface area contributed by atoms with Gasteiger partial charge >= 0.3 is 6.03 Å². The molecule has 3 unspecified atom stereocenters. The second-order valence-electron chi connectivity index (χ2n) is 11.8. The Bertz CT molecular complexity index is 1440. The van der Waals surface area contributed by atoms with E-state index in [2.05, 4.69) is 59.6 Å². The lowest BCUT2D eigenvalue weighted by atomic mass is 9.57. The lowest BCUT2D eigenvalue weighted by molar-refractivity contribution is 0.0778. The molecule has 190 valence electrons. The first-order valence-electron chi connectivity index (χ1n) is 13.5. The van der Waals surface area contributed by atoms with Gasteiger partial charge in [0.2, 0.25) is 0 Å². The number of aromatic amines is 1. The number of hydrogen-bond acceptors (Lipinski definition) is 4. The fourth-order valence-electron chi connectivity index (χ4n) is 7.63. The largest absolute Gasteiger partial charge is 0.345 e. The van der Waals surface area contributed by atoms with Crippen LogP contribution in [-0.2, 0) is 5.41 Å². The van der Waals surface area contributed by atoms with Crippen LogP contribution in [0.25, 0.3) is 21.5 Å². The van der Waals surface area contributed by atoms with Crippen LogP contribution >= 0.6 is 11.3 Å². The number of carbonyl (C=O) groups excluding carboxylic acids is 1. The second kappa shape index (κ2) is 8.69. The standard InChI is InChI=1S/C30H33N5OS/c1-18-9-20-10-19(2)13-30(12-18,14-20)28-31-16-27(37-28)22-5-3-21(4-6-22)26-15-32-29(36)35(26)23-7-8-24-25(11-23)34-17-33-24/h3-8,11,16-20,26H,9-10,12-15H2,1-2H3,(H,32,36)(H,33,34). The van der Waals surface area contributed by atoms with Crippen LogP contribution in [0, 0.1) is 17.8 Å². The van der Waals surface area contributed by atoms with Crippen molar-refractivity contribution in [3.8, 4) is 10.4 Å². The summed E-state index contributed by atoms with van der Waals surface area (Å²) in [6.07, 6.45) is 10.4. The van der Waals surface area contributed by atoms with Gasteiger partial charge in [-0.3, -0.25) is 4.90 Å². The number of carbonyl (C=O) groups is 1. The summed E-state index contributed by atoms with van der Waals surface area (Å²) < 4.78 is 0. The Hall–Kier alpha value is -3.19. The summed E-state index contributed by atoms with van der Waals surface area (Å²) in [5, 5.41) is 4.37. The van der Waals surface area contributed by atoms with Crippen molar-refractivity contribution in [2.45, 2.75) is 57.4 Å². The van der Waals surface area contributed by atoms with Crippen LogP contribution in [-0.4, -0.2) is 27.5 Å². The molecule has 2 bridgehead atoms.